The van der Waals surface area contributed by atoms with Crippen LogP contribution in [-0.4, -0.2) is 35.2 Å². The molecule has 0 spiro atoms. The molecule has 0 aliphatic carbocycles. The largest absolute Gasteiger partial charge is 0.464 e. The quantitative estimate of drug-likeness (QED) is 0.587. The highest BCUT2D eigenvalue weighted by atomic mass is 35.5. The molecule has 1 saturated heterocycles. The number of carbonyl (C=O) groups excluding carboxylic acids is 2. The van der Waals surface area contributed by atoms with Crippen molar-refractivity contribution in [3.63, 3.8) is 0 Å². The van der Waals surface area contributed by atoms with Crippen molar-refractivity contribution < 1.29 is 18.7 Å². The number of esters is 1. The lowest BCUT2D eigenvalue weighted by Gasteiger charge is -2.29. The molecule has 1 amide bonds. The van der Waals surface area contributed by atoms with E-state index in [0.29, 0.717) is 17.2 Å². The van der Waals surface area contributed by atoms with Crippen molar-refractivity contribution in [3.8, 4) is 0 Å². The van der Waals surface area contributed by atoms with Gasteiger partial charge in [0.05, 0.1) is 17.2 Å². The molecule has 3 rings (SSSR count). The van der Waals surface area contributed by atoms with Crippen molar-refractivity contribution >= 4 is 46.8 Å². The molecule has 0 N–H and O–H groups in total. The molecule has 2 atom stereocenters. The Morgan fingerprint density at radius 2 is 1.93 bits per heavy atom. The first-order valence-corrected chi connectivity index (χ1v) is 10.5. The summed E-state index contributed by atoms with van der Waals surface area (Å²) in [5, 5.41) is 0.151. The van der Waals surface area contributed by atoms with Crippen molar-refractivity contribution in [1.82, 2.24) is 4.90 Å². The summed E-state index contributed by atoms with van der Waals surface area (Å²) in [4.78, 5) is 27.4. The van der Waals surface area contributed by atoms with E-state index in [1.165, 1.54) is 40.9 Å². The molecule has 0 aromatic heterocycles. The van der Waals surface area contributed by atoms with Crippen LogP contribution in [0.15, 0.2) is 42.5 Å². The molecule has 0 radical (unpaired) electrons. The molecule has 2 aromatic rings. The van der Waals surface area contributed by atoms with E-state index in [0.717, 1.165) is 5.56 Å². The molecule has 1 aliphatic heterocycles. The van der Waals surface area contributed by atoms with E-state index in [1.807, 2.05) is 6.92 Å². The van der Waals surface area contributed by atoms with Crippen LogP contribution < -0.4 is 0 Å². The van der Waals surface area contributed by atoms with Crippen LogP contribution in [0, 0.1) is 5.82 Å². The highest BCUT2D eigenvalue weighted by molar-refractivity contribution is 7.99. The molecule has 2 unspecified atom stereocenters. The smallest absolute Gasteiger partial charge is 0.329 e. The van der Waals surface area contributed by atoms with Gasteiger partial charge in [-0.2, -0.15) is 0 Å². The molecule has 0 bridgehead atoms. The third kappa shape index (κ3) is 4.45. The van der Waals surface area contributed by atoms with Crippen molar-refractivity contribution in [2.45, 2.75) is 24.8 Å². The number of nitrogens with zero attached hydrogens (tertiary/aromatic N) is 1. The first kappa shape index (κ1) is 21.0. The third-order valence-electron chi connectivity index (χ3n) is 4.27. The minimum Gasteiger partial charge on any atom is -0.464 e. The first-order chi connectivity index (χ1) is 13.4. The van der Waals surface area contributed by atoms with E-state index < -0.39 is 23.3 Å². The van der Waals surface area contributed by atoms with Gasteiger partial charge in [-0.3, -0.25) is 4.79 Å². The molecule has 0 saturated carbocycles. The fraction of sp³-hybridized carbons (Fsp3) is 0.300. The maximum atomic E-state index is 13.3. The highest BCUT2D eigenvalue weighted by Crippen LogP contribution is 2.43. The Kier molecular flexibility index (Phi) is 6.86. The predicted molar refractivity (Wildman–Crippen MR) is 109 cm³/mol. The molecule has 1 heterocycles. The van der Waals surface area contributed by atoms with Gasteiger partial charge < -0.3 is 9.64 Å². The van der Waals surface area contributed by atoms with Crippen molar-refractivity contribution in [2.75, 3.05) is 12.4 Å². The van der Waals surface area contributed by atoms with Gasteiger partial charge in [0.2, 0.25) is 0 Å². The minimum atomic E-state index is -0.758. The first-order valence-electron chi connectivity index (χ1n) is 8.73. The Morgan fingerprint density at radius 1 is 1.21 bits per heavy atom. The second-order valence-corrected chi connectivity index (χ2v) is 8.21. The number of hydrogen-bond donors (Lipinski definition) is 0. The number of benzene rings is 2. The molecule has 1 aliphatic rings. The Balaban J connectivity index is 1.97. The zero-order valence-corrected chi connectivity index (χ0v) is 17.4. The molecule has 1 fully saturated rings. The topological polar surface area (TPSA) is 46.6 Å². The second kappa shape index (κ2) is 9.16. The van der Waals surface area contributed by atoms with E-state index in [2.05, 4.69) is 0 Å². The number of amides is 1. The van der Waals surface area contributed by atoms with Crippen LogP contribution in [0.4, 0.5) is 4.39 Å². The Labute approximate surface area is 176 Å². The van der Waals surface area contributed by atoms with E-state index in [4.69, 9.17) is 27.9 Å². The Hall–Kier alpha value is -1.76. The van der Waals surface area contributed by atoms with Crippen LogP contribution in [0.5, 0.6) is 0 Å². The Morgan fingerprint density at radius 3 is 2.57 bits per heavy atom. The zero-order chi connectivity index (χ0) is 20.3. The summed E-state index contributed by atoms with van der Waals surface area (Å²) in [6.45, 7) is 2.18. The van der Waals surface area contributed by atoms with Crippen LogP contribution in [0.25, 0.3) is 0 Å². The monoisotopic (exact) mass is 441 g/mol. The maximum absolute atomic E-state index is 13.3. The maximum Gasteiger partial charge on any atom is 0.329 e. The fourth-order valence-corrected chi connectivity index (χ4v) is 4.82. The van der Waals surface area contributed by atoms with Crippen molar-refractivity contribution in [2.24, 2.45) is 0 Å². The van der Waals surface area contributed by atoms with Gasteiger partial charge in [-0.1, -0.05) is 42.3 Å². The van der Waals surface area contributed by atoms with E-state index in [1.54, 1.807) is 18.2 Å². The molecule has 8 heteroatoms. The van der Waals surface area contributed by atoms with Crippen LogP contribution in [-0.2, 0) is 9.53 Å². The van der Waals surface area contributed by atoms with Gasteiger partial charge in [0, 0.05) is 10.8 Å². The SMILES string of the molecule is CCCOC(=O)C1CSC(c2ccc(F)cc2)N1C(=O)c1ccc(Cl)cc1Cl. The van der Waals surface area contributed by atoms with Crippen LogP contribution in [0.3, 0.4) is 0 Å². The number of halogens is 3. The summed E-state index contributed by atoms with van der Waals surface area (Å²) >= 11 is 13.6. The van der Waals surface area contributed by atoms with E-state index in [-0.39, 0.29) is 23.0 Å². The zero-order valence-electron chi connectivity index (χ0n) is 15.0. The highest BCUT2D eigenvalue weighted by Gasteiger charge is 2.43. The molecular weight excluding hydrogens is 424 g/mol. The standard InChI is InChI=1S/C20H18Cl2FNO3S/c1-2-9-27-20(26)17-11-28-19(12-3-6-14(23)7-4-12)24(17)18(25)15-8-5-13(21)10-16(15)22/h3-8,10,17,19H,2,9,11H2,1H3. The van der Waals surface area contributed by atoms with Gasteiger partial charge in [0.15, 0.2) is 0 Å². The van der Waals surface area contributed by atoms with Crippen LogP contribution in [0.1, 0.15) is 34.6 Å². The number of hydrogen-bond acceptors (Lipinski definition) is 4. The van der Waals surface area contributed by atoms with Crippen molar-refractivity contribution in [1.29, 1.82) is 0 Å². The van der Waals surface area contributed by atoms with E-state index in [9.17, 15) is 14.0 Å². The van der Waals surface area contributed by atoms with Gasteiger partial charge in [0.1, 0.15) is 17.2 Å². The summed E-state index contributed by atoms with van der Waals surface area (Å²) in [5.41, 5.74) is 0.963. The third-order valence-corrected chi connectivity index (χ3v) is 6.14. The number of ether oxygens (including phenoxy) is 1. The lowest BCUT2D eigenvalue weighted by molar-refractivity contribution is -0.148. The molecule has 28 heavy (non-hydrogen) atoms. The summed E-state index contributed by atoms with van der Waals surface area (Å²) in [5.74, 6) is -0.859. The molecular formula is C20H18Cl2FNO3S. The van der Waals surface area contributed by atoms with Gasteiger partial charge in [-0.25, -0.2) is 9.18 Å². The lowest BCUT2D eigenvalue weighted by Crippen LogP contribution is -2.44. The predicted octanol–water partition coefficient (Wildman–Crippen LogP) is 5.34. The van der Waals surface area contributed by atoms with Gasteiger partial charge in [-0.05, 0) is 42.3 Å². The summed E-state index contributed by atoms with van der Waals surface area (Å²) < 4.78 is 18.6. The number of thioether (sulfide) groups is 1. The summed E-state index contributed by atoms with van der Waals surface area (Å²) in [7, 11) is 0. The number of carbonyl (C=O) groups is 2. The summed E-state index contributed by atoms with van der Waals surface area (Å²) in [6, 6.07) is 9.70. The van der Waals surface area contributed by atoms with Crippen LogP contribution in [0.2, 0.25) is 10.0 Å². The fourth-order valence-electron chi connectivity index (χ4n) is 2.92. The molecule has 148 valence electrons. The second-order valence-electron chi connectivity index (χ2n) is 6.26. The Bertz CT molecular complexity index is 878. The van der Waals surface area contributed by atoms with Gasteiger partial charge >= 0.3 is 5.97 Å². The normalized spacial score (nSPS) is 18.9. The molecule has 2 aromatic carbocycles. The average Bonchev–Trinajstić information content (AvgIpc) is 3.11. The molecule has 4 nitrogen and oxygen atoms in total. The lowest BCUT2D eigenvalue weighted by atomic mass is 10.1. The minimum absolute atomic E-state index is 0.202. The van der Waals surface area contributed by atoms with Gasteiger partial charge in [-0.15, -0.1) is 11.8 Å². The number of rotatable bonds is 5. The van der Waals surface area contributed by atoms with Crippen molar-refractivity contribution in [3.05, 3.63) is 69.5 Å². The van der Waals surface area contributed by atoms with Gasteiger partial charge in [0.25, 0.3) is 5.91 Å². The van der Waals surface area contributed by atoms with Crippen LogP contribution >= 0.6 is 35.0 Å². The average molecular weight is 442 g/mol. The summed E-state index contributed by atoms with van der Waals surface area (Å²) in [6.07, 6.45) is 0.684. The van der Waals surface area contributed by atoms with E-state index >= 15 is 0 Å².